The quantitative estimate of drug-likeness (QED) is 0.374. The SMILES string of the molecule is O=C(NCCc1c(-c2ccc(F)cc2)[nH]c2c(F)cc(F)cc12)c1cc(C(F)(F)F)n[nH]1. The van der Waals surface area contributed by atoms with Crippen LogP contribution in [0.25, 0.3) is 22.2 Å². The molecule has 0 aliphatic carbocycles. The number of hydrogen-bond donors (Lipinski definition) is 3. The molecule has 32 heavy (non-hydrogen) atoms. The van der Waals surface area contributed by atoms with Gasteiger partial charge in [0, 0.05) is 29.8 Å². The molecule has 0 fully saturated rings. The van der Waals surface area contributed by atoms with Crippen molar-refractivity contribution in [3.63, 3.8) is 0 Å². The topological polar surface area (TPSA) is 73.6 Å². The molecule has 0 saturated heterocycles. The maximum Gasteiger partial charge on any atom is 0.435 e. The molecule has 11 heteroatoms. The van der Waals surface area contributed by atoms with Crippen LogP contribution in [-0.2, 0) is 12.6 Å². The molecule has 0 aliphatic rings. The van der Waals surface area contributed by atoms with Crippen molar-refractivity contribution in [2.24, 2.45) is 0 Å². The predicted molar refractivity (Wildman–Crippen MR) is 103 cm³/mol. The maximum absolute atomic E-state index is 14.3. The van der Waals surface area contributed by atoms with E-state index in [2.05, 4.69) is 15.4 Å². The summed E-state index contributed by atoms with van der Waals surface area (Å²) in [7, 11) is 0. The number of amides is 1. The van der Waals surface area contributed by atoms with Crippen LogP contribution < -0.4 is 5.32 Å². The van der Waals surface area contributed by atoms with Gasteiger partial charge in [-0.15, -0.1) is 0 Å². The fourth-order valence-corrected chi connectivity index (χ4v) is 3.38. The molecule has 5 nitrogen and oxygen atoms in total. The average Bonchev–Trinajstić information content (AvgIpc) is 3.35. The Morgan fingerprint density at radius 3 is 2.38 bits per heavy atom. The summed E-state index contributed by atoms with van der Waals surface area (Å²) in [6.07, 6.45) is -4.61. The first-order valence-corrected chi connectivity index (χ1v) is 9.30. The molecule has 166 valence electrons. The third-order valence-corrected chi connectivity index (χ3v) is 4.84. The molecule has 2 heterocycles. The van der Waals surface area contributed by atoms with E-state index in [1.807, 2.05) is 5.10 Å². The van der Waals surface area contributed by atoms with Crippen LogP contribution in [0.4, 0.5) is 26.3 Å². The molecular formula is C21H14F6N4O. The van der Waals surface area contributed by atoms with E-state index in [4.69, 9.17) is 0 Å². The van der Waals surface area contributed by atoms with Crippen LogP contribution in [0.3, 0.4) is 0 Å². The number of nitrogens with one attached hydrogen (secondary N) is 3. The standard InChI is InChI=1S/C21H14F6N4O/c22-11-3-1-10(2-4-11)18-13(14-7-12(23)8-15(24)19(14)29-18)5-6-28-20(32)16-9-17(31-30-16)21(25,26)27/h1-4,7-9,29H,5-6H2,(H,28,32)(H,30,31). The Morgan fingerprint density at radius 1 is 1.00 bits per heavy atom. The highest BCUT2D eigenvalue weighted by Gasteiger charge is 2.34. The van der Waals surface area contributed by atoms with E-state index in [9.17, 15) is 31.1 Å². The smallest absolute Gasteiger partial charge is 0.352 e. The highest BCUT2D eigenvalue weighted by Crippen LogP contribution is 2.33. The first kappa shape index (κ1) is 21.5. The van der Waals surface area contributed by atoms with E-state index in [0.29, 0.717) is 22.9 Å². The minimum Gasteiger partial charge on any atom is -0.352 e. The second kappa shape index (κ2) is 8.06. The number of aromatic nitrogens is 3. The zero-order valence-electron chi connectivity index (χ0n) is 16.1. The molecule has 2 aromatic carbocycles. The highest BCUT2D eigenvalue weighted by molar-refractivity contribution is 5.93. The number of rotatable bonds is 5. The number of carbonyl (C=O) groups is 1. The van der Waals surface area contributed by atoms with Crippen LogP contribution >= 0.6 is 0 Å². The number of hydrogen-bond acceptors (Lipinski definition) is 2. The third-order valence-electron chi connectivity index (χ3n) is 4.84. The first-order valence-electron chi connectivity index (χ1n) is 9.30. The number of halogens is 6. The number of carbonyl (C=O) groups excluding carboxylic acids is 1. The lowest BCUT2D eigenvalue weighted by Gasteiger charge is -2.07. The van der Waals surface area contributed by atoms with Gasteiger partial charge in [-0.2, -0.15) is 18.3 Å². The number of aromatic amines is 2. The van der Waals surface area contributed by atoms with Crippen molar-refractivity contribution in [2.45, 2.75) is 12.6 Å². The minimum atomic E-state index is -4.70. The lowest BCUT2D eigenvalue weighted by atomic mass is 10.0. The predicted octanol–water partition coefficient (Wildman–Crippen LogP) is 4.97. The van der Waals surface area contributed by atoms with Gasteiger partial charge in [0.2, 0.25) is 0 Å². The number of alkyl halides is 3. The van der Waals surface area contributed by atoms with Crippen molar-refractivity contribution < 1.29 is 31.1 Å². The van der Waals surface area contributed by atoms with E-state index in [0.717, 1.165) is 12.1 Å². The van der Waals surface area contributed by atoms with Crippen LogP contribution in [0.2, 0.25) is 0 Å². The second-order valence-electron chi connectivity index (χ2n) is 6.97. The Kier molecular flexibility index (Phi) is 5.41. The molecule has 1 amide bonds. The van der Waals surface area contributed by atoms with Gasteiger partial charge in [-0.25, -0.2) is 13.2 Å². The Bertz CT molecular complexity index is 1290. The first-order chi connectivity index (χ1) is 15.1. The number of H-pyrrole nitrogens is 2. The van der Waals surface area contributed by atoms with Gasteiger partial charge in [0.1, 0.15) is 23.1 Å². The lowest BCUT2D eigenvalue weighted by Crippen LogP contribution is -2.26. The third kappa shape index (κ3) is 4.18. The van der Waals surface area contributed by atoms with Crippen LogP contribution in [0.5, 0.6) is 0 Å². The molecule has 0 unspecified atom stereocenters. The summed E-state index contributed by atoms with van der Waals surface area (Å²) in [5.41, 5.74) is -0.218. The van der Waals surface area contributed by atoms with E-state index >= 15 is 0 Å². The molecule has 0 aliphatic heterocycles. The van der Waals surface area contributed by atoms with Crippen molar-refractivity contribution in [1.29, 1.82) is 0 Å². The summed E-state index contributed by atoms with van der Waals surface area (Å²) in [6, 6.07) is 7.76. The highest BCUT2D eigenvalue weighted by atomic mass is 19.4. The van der Waals surface area contributed by atoms with Gasteiger partial charge in [0.25, 0.3) is 5.91 Å². The molecule has 0 bridgehead atoms. The molecule has 2 aromatic heterocycles. The summed E-state index contributed by atoms with van der Waals surface area (Å²) >= 11 is 0. The zero-order valence-corrected chi connectivity index (χ0v) is 16.1. The van der Waals surface area contributed by atoms with Gasteiger partial charge in [-0.3, -0.25) is 9.89 Å². The van der Waals surface area contributed by atoms with E-state index in [-0.39, 0.29) is 29.6 Å². The van der Waals surface area contributed by atoms with Crippen molar-refractivity contribution in [1.82, 2.24) is 20.5 Å². The molecule has 3 N–H and O–H groups in total. The Balaban J connectivity index is 1.60. The number of fused-ring (bicyclic) bond motifs is 1. The molecule has 0 saturated carbocycles. The normalized spacial score (nSPS) is 11.8. The monoisotopic (exact) mass is 452 g/mol. The second-order valence-corrected chi connectivity index (χ2v) is 6.97. The van der Waals surface area contributed by atoms with Gasteiger partial charge >= 0.3 is 6.18 Å². The molecular weight excluding hydrogens is 438 g/mol. The van der Waals surface area contributed by atoms with E-state index in [1.54, 1.807) is 0 Å². The van der Waals surface area contributed by atoms with Crippen molar-refractivity contribution >= 4 is 16.8 Å². The average molecular weight is 452 g/mol. The van der Waals surface area contributed by atoms with Crippen LogP contribution in [0.1, 0.15) is 21.7 Å². The van der Waals surface area contributed by atoms with Crippen molar-refractivity contribution in [2.75, 3.05) is 6.54 Å². The van der Waals surface area contributed by atoms with Gasteiger partial charge in [-0.05, 0) is 47.9 Å². The van der Waals surface area contributed by atoms with Gasteiger partial charge < -0.3 is 10.3 Å². The summed E-state index contributed by atoms with van der Waals surface area (Å²) in [6.45, 7) is -0.0571. The molecule has 0 spiro atoms. The van der Waals surface area contributed by atoms with E-state index < -0.39 is 35.2 Å². The van der Waals surface area contributed by atoms with Gasteiger partial charge in [0.15, 0.2) is 5.69 Å². The van der Waals surface area contributed by atoms with Crippen LogP contribution in [-0.4, -0.2) is 27.6 Å². The van der Waals surface area contributed by atoms with Crippen molar-refractivity contribution in [3.05, 3.63) is 76.9 Å². The Hall–Kier alpha value is -3.76. The molecule has 0 radical (unpaired) electrons. The lowest BCUT2D eigenvalue weighted by molar-refractivity contribution is -0.141. The molecule has 0 atom stereocenters. The summed E-state index contributed by atoms with van der Waals surface area (Å²) in [5, 5.41) is 7.76. The minimum absolute atomic E-state index is 0.0374. The van der Waals surface area contributed by atoms with Gasteiger partial charge in [-0.1, -0.05) is 0 Å². The zero-order chi connectivity index (χ0) is 23.0. The van der Waals surface area contributed by atoms with Crippen LogP contribution in [0, 0.1) is 17.5 Å². The Morgan fingerprint density at radius 2 is 1.72 bits per heavy atom. The number of nitrogens with zero attached hydrogens (tertiary/aromatic N) is 1. The van der Waals surface area contributed by atoms with Crippen LogP contribution in [0.15, 0.2) is 42.5 Å². The molecule has 4 aromatic rings. The van der Waals surface area contributed by atoms with Crippen molar-refractivity contribution in [3.8, 4) is 11.3 Å². The summed E-state index contributed by atoms with van der Waals surface area (Å²) in [5.74, 6) is -2.93. The Labute approximate surface area is 176 Å². The maximum atomic E-state index is 14.3. The number of benzene rings is 2. The largest absolute Gasteiger partial charge is 0.435 e. The summed E-state index contributed by atoms with van der Waals surface area (Å²) in [4.78, 5) is 15.0. The summed E-state index contributed by atoms with van der Waals surface area (Å²) < 4.78 is 79.4. The van der Waals surface area contributed by atoms with E-state index in [1.165, 1.54) is 24.3 Å². The molecule has 4 rings (SSSR count). The van der Waals surface area contributed by atoms with Gasteiger partial charge in [0.05, 0.1) is 5.52 Å². The fraction of sp³-hybridized carbons (Fsp3) is 0.143. The fourth-order valence-electron chi connectivity index (χ4n) is 3.38.